The third-order valence-electron chi connectivity index (χ3n) is 3.22. The van der Waals surface area contributed by atoms with Crippen molar-refractivity contribution in [1.82, 2.24) is 0 Å². The van der Waals surface area contributed by atoms with Crippen LogP contribution in [-0.2, 0) is 0 Å². The average Bonchev–Trinajstić information content (AvgIpc) is 2.24. The van der Waals surface area contributed by atoms with Gasteiger partial charge in [0.2, 0.25) is 0 Å². The molecule has 0 aromatic rings. The standard InChI is InChI=1S/C13H29NO/c1-4-7-10-13(15,11-8-5-2)12(14)9-6-3/h12,15H,4-11,14H2,1-3H3. The predicted molar refractivity (Wildman–Crippen MR) is 66.9 cm³/mol. The smallest absolute Gasteiger partial charge is 0.0797 e. The van der Waals surface area contributed by atoms with E-state index in [9.17, 15) is 5.11 Å². The van der Waals surface area contributed by atoms with E-state index in [4.69, 9.17) is 5.73 Å². The van der Waals surface area contributed by atoms with Gasteiger partial charge in [0.15, 0.2) is 0 Å². The van der Waals surface area contributed by atoms with E-state index in [0.717, 1.165) is 51.4 Å². The van der Waals surface area contributed by atoms with E-state index in [0.29, 0.717) is 0 Å². The molecule has 0 aromatic carbocycles. The number of nitrogens with two attached hydrogens (primary N) is 1. The molecule has 2 heteroatoms. The van der Waals surface area contributed by atoms with Crippen LogP contribution in [-0.4, -0.2) is 16.7 Å². The maximum Gasteiger partial charge on any atom is 0.0797 e. The minimum Gasteiger partial charge on any atom is -0.388 e. The monoisotopic (exact) mass is 215 g/mol. The fraction of sp³-hybridized carbons (Fsp3) is 1.00. The summed E-state index contributed by atoms with van der Waals surface area (Å²) in [6, 6.07) is -0.0411. The molecule has 0 aliphatic carbocycles. The first-order chi connectivity index (χ1) is 7.10. The van der Waals surface area contributed by atoms with Crippen LogP contribution >= 0.6 is 0 Å². The summed E-state index contributed by atoms with van der Waals surface area (Å²) in [4.78, 5) is 0. The predicted octanol–water partition coefficient (Wildman–Crippen LogP) is 3.23. The summed E-state index contributed by atoms with van der Waals surface area (Å²) in [6.07, 6.45) is 8.15. The molecule has 0 aliphatic rings. The molecular weight excluding hydrogens is 186 g/mol. The molecule has 3 N–H and O–H groups in total. The molecule has 0 rings (SSSR count). The zero-order valence-corrected chi connectivity index (χ0v) is 10.8. The summed E-state index contributed by atoms with van der Waals surface area (Å²) in [5, 5.41) is 10.5. The lowest BCUT2D eigenvalue weighted by molar-refractivity contribution is -0.00863. The Morgan fingerprint density at radius 1 is 1.00 bits per heavy atom. The summed E-state index contributed by atoms with van der Waals surface area (Å²) in [6.45, 7) is 6.44. The van der Waals surface area contributed by atoms with Crippen LogP contribution in [0.5, 0.6) is 0 Å². The van der Waals surface area contributed by atoms with Crippen molar-refractivity contribution in [3.05, 3.63) is 0 Å². The highest BCUT2D eigenvalue weighted by molar-refractivity contribution is 4.88. The van der Waals surface area contributed by atoms with Crippen LogP contribution < -0.4 is 5.73 Å². The molecule has 1 atom stereocenters. The molecule has 0 aromatic heterocycles. The highest BCUT2D eigenvalue weighted by Gasteiger charge is 2.32. The summed E-state index contributed by atoms with van der Waals surface area (Å²) >= 11 is 0. The summed E-state index contributed by atoms with van der Waals surface area (Å²) in [5.74, 6) is 0. The number of aliphatic hydroxyl groups is 1. The van der Waals surface area contributed by atoms with Gasteiger partial charge in [-0.3, -0.25) is 0 Å². The topological polar surface area (TPSA) is 46.2 Å². The second-order valence-electron chi connectivity index (χ2n) is 4.71. The third-order valence-corrected chi connectivity index (χ3v) is 3.22. The summed E-state index contributed by atoms with van der Waals surface area (Å²) < 4.78 is 0. The van der Waals surface area contributed by atoms with E-state index >= 15 is 0 Å². The summed E-state index contributed by atoms with van der Waals surface area (Å²) in [7, 11) is 0. The zero-order chi connectivity index (χ0) is 11.7. The van der Waals surface area contributed by atoms with Crippen molar-refractivity contribution >= 4 is 0 Å². The third kappa shape index (κ3) is 5.53. The first-order valence-corrected chi connectivity index (χ1v) is 6.58. The Morgan fingerprint density at radius 3 is 1.80 bits per heavy atom. The van der Waals surface area contributed by atoms with Gasteiger partial charge in [-0.1, -0.05) is 52.9 Å². The quantitative estimate of drug-likeness (QED) is 0.620. The molecule has 0 bridgehead atoms. The largest absolute Gasteiger partial charge is 0.388 e. The van der Waals surface area contributed by atoms with E-state index < -0.39 is 5.60 Å². The highest BCUT2D eigenvalue weighted by Crippen LogP contribution is 2.26. The SMILES string of the molecule is CCCCC(O)(CCCC)C(N)CCC. The number of rotatable bonds is 9. The fourth-order valence-corrected chi connectivity index (χ4v) is 2.04. The number of hydrogen-bond donors (Lipinski definition) is 2. The molecule has 0 spiro atoms. The molecule has 0 saturated heterocycles. The van der Waals surface area contributed by atoms with E-state index in [1.54, 1.807) is 0 Å². The van der Waals surface area contributed by atoms with Crippen molar-refractivity contribution in [3.8, 4) is 0 Å². The maximum absolute atomic E-state index is 10.5. The van der Waals surface area contributed by atoms with Crippen LogP contribution in [0.2, 0.25) is 0 Å². The first kappa shape index (κ1) is 14.9. The van der Waals surface area contributed by atoms with Gasteiger partial charge in [-0.05, 0) is 19.3 Å². The Morgan fingerprint density at radius 2 is 1.47 bits per heavy atom. The van der Waals surface area contributed by atoms with Gasteiger partial charge < -0.3 is 10.8 Å². The number of unbranched alkanes of at least 4 members (excludes halogenated alkanes) is 2. The minimum absolute atomic E-state index is 0.0411. The first-order valence-electron chi connectivity index (χ1n) is 6.58. The van der Waals surface area contributed by atoms with E-state index in [1.807, 2.05) is 0 Å². The highest BCUT2D eigenvalue weighted by atomic mass is 16.3. The average molecular weight is 215 g/mol. The number of hydrogen-bond acceptors (Lipinski definition) is 2. The van der Waals surface area contributed by atoms with Crippen LogP contribution in [0.4, 0.5) is 0 Å². The molecule has 1 unspecified atom stereocenters. The molecule has 0 saturated carbocycles. The van der Waals surface area contributed by atoms with Crippen molar-refractivity contribution in [2.75, 3.05) is 0 Å². The second kappa shape index (κ2) is 8.12. The van der Waals surface area contributed by atoms with E-state index in [-0.39, 0.29) is 6.04 Å². The lowest BCUT2D eigenvalue weighted by Crippen LogP contribution is -2.48. The molecule has 0 heterocycles. The minimum atomic E-state index is -0.609. The van der Waals surface area contributed by atoms with Crippen molar-refractivity contribution in [2.45, 2.75) is 83.8 Å². The molecule has 0 aliphatic heterocycles. The lowest BCUT2D eigenvalue weighted by atomic mass is 9.82. The van der Waals surface area contributed by atoms with Crippen LogP contribution in [0, 0.1) is 0 Å². The van der Waals surface area contributed by atoms with Gasteiger partial charge in [-0.25, -0.2) is 0 Å². The van der Waals surface area contributed by atoms with Crippen LogP contribution in [0.1, 0.15) is 72.1 Å². The zero-order valence-electron chi connectivity index (χ0n) is 10.8. The maximum atomic E-state index is 10.5. The normalized spacial score (nSPS) is 14.2. The molecule has 15 heavy (non-hydrogen) atoms. The van der Waals surface area contributed by atoms with Gasteiger partial charge in [0.05, 0.1) is 5.60 Å². The Balaban J connectivity index is 4.23. The van der Waals surface area contributed by atoms with Crippen molar-refractivity contribution < 1.29 is 5.11 Å². The van der Waals surface area contributed by atoms with Gasteiger partial charge in [-0.2, -0.15) is 0 Å². The molecule has 92 valence electrons. The molecule has 0 amide bonds. The van der Waals surface area contributed by atoms with Gasteiger partial charge in [0.25, 0.3) is 0 Å². The van der Waals surface area contributed by atoms with Gasteiger partial charge in [0, 0.05) is 6.04 Å². The van der Waals surface area contributed by atoms with Crippen LogP contribution in [0.15, 0.2) is 0 Å². The second-order valence-corrected chi connectivity index (χ2v) is 4.71. The Hall–Kier alpha value is -0.0800. The van der Waals surface area contributed by atoms with Gasteiger partial charge >= 0.3 is 0 Å². The molecule has 0 fully saturated rings. The van der Waals surface area contributed by atoms with Crippen molar-refractivity contribution in [2.24, 2.45) is 5.73 Å². The van der Waals surface area contributed by atoms with E-state index in [1.165, 1.54) is 0 Å². The summed E-state index contributed by atoms with van der Waals surface area (Å²) in [5.41, 5.74) is 5.49. The Kier molecular flexibility index (Phi) is 8.07. The van der Waals surface area contributed by atoms with Crippen molar-refractivity contribution in [1.29, 1.82) is 0 Å². The lowest BCUT2D eigenvalue weighted by Gasteiger charge is -2.34. The van der Waals surface area contributed by atoms with Gasteiger partial charge in [0.1, 0.15) is 0 Å². The van der Waals surface area contributed by atoms with Crippen LogP contribution in [0.3, 0.4) is 0 Å². The van der Waals surface area contributed by atoms with E-state index in [2.05, 4.69) is 20.8 Å². The van der Waals surface area contributed by atoms with Crippen molar-refractivity contribution in [3.63, 3.8) is 0 Å². The molecule has 2 nitrogen and oxygen atoms in total. The fourth-order valence-electron chi connectivity index (χ4n) is 2.04. The Bertz CT molecular complexity index is 139. The molecule has 0 radical (unpaired) electrons. The van der Waals surface area contributed by atoms with Gasteiger partial charge in [-0.15, -0.1) is 0 Å². The Labute approximate surface area is 95.3 Å². The van der Waals surface area contributed by atoms with Crippen LogP contribution in [0.25, 0.3) is 0 Å². The molecular formula is C13H29NO.